The van der Waals surface area contributed by atoms with Gasteiger partial charge in [0.25, 0.3) is 0 Å². The van der Waals surface area contributed by atoms with Gasteiger partial charge in [-0.3, -0.25) is 4.99 Å². The number of nitrogens with zero attached hydrogens (tertiary/aromatic N) is 1. The minimum absolute atomic E-state index is 0.186. The Hall–Kier alpha value is -0.973. The van der Waals surface area contributed by atoms with Gasteiger partial charge in [-0.15, -0.1) is 0 Å². The van der Waals surface area contributed by atoms with Gasteiger partial charge in [0.15, 0.2) is 0 Å². The average molecular weight is 265 g/mol. The molecule has 1 rings (SSSR count). The topological polar surface area (TPSA) is 30.8 Å². The zero-order valence-corrected chi connectivity index (χ0v) is 12.9. The van der Waals surface area contributed by atoms with Gasteiger partial charge in [-0.1, -0.05) is 43.2 Å². The molecular formula is C14H23NO2Si. The molecule has 4 heteroatoms. The molecule has 0 aliphatic heterocycles. The van der Waals surface area contributed by atoms with Crippen LogP contribution in [0.1, 0.15) is 30.9 Å². The van der Waals surface area contributed by atoms with Gasteiger partial charge >= 0.3 is 9.28 Å². The van der Waals surface area contributed by atoms with Crippen molar-refractivity contribution >= 4 is 15.5 Å². The second kappa shape index (κ2) is 8.19. The van der Waals surface area contributed by atoms with Crippen LogP contribution in [0.5, 0.6) is 0 Å². The molecule has 0 heterocycles. The Morgan fingerprint density at radius 2 is 1.83 bits per heavy atom. The molecule has 0 radical (unpaired) electrons. The molecule has 1 aromatic rings. The van der Waals surface area contributed by atoms with E-state index in [-0.39, 0.29) is 5.67 Å². The van der Waals surface area contributed by atoms with Gasteiger partial charge in [-0.25, -0.2) is 0 Å². The van der Waals surface area contributed by atoms with Crippen LogP contribution >= 0.6 is 0 Å². The number of hydrogen-bond acceptors (Lipinski definition) is 3. The molecule has 1 unspecified atom stereocenters. The largest absolute Gasteiger partial charge is 0.399 e. The first kappa shape index (κ1) is 15.1. The summed E-state index contributed by atoms with van der Waals surface area (Å²) in [6, 6.07) is 8.35. The Kier molecular flexibility index (Phi) is 6.86. The average Bonchev–Trinajstić information content (AvgIpc) is 2.39. The van der Waals surface area contributed by atoms with Crippen LogP contribution < -0.4 is 0 Å². The van der Waals surface area contributed by atoms with E-state index in [9.17, 15) is 0 Å². The summed E-state index contributed by atoms with van der Waals surface area (Å²) < 4.78 is 10.8. The second-order valence-corrected chi connectivity index (χ2v) is 6.83. The molecule has 0 fully saturated rings. The summed E-state index contributed by atoms with van der Waals surface area (Å²) in [7, 11) is 1.75. The summed E-state index contributed by atoms with van der Waals surface area (Å²) in [6.07, 6.45) is 4.03. The summed E-state index contributed by atoms with van der Waals surface area (Å²) in [5, 5.41) is 0. The lowest BCUT2D eigenvalue weighted by molar-refractivity contribution is 0.264. The molecule has 0 amide bonds. The fourth-order valence-electron chi connectivity index (χ4n) is 1.82. The molecule has 0 spiro atoms. The summed E-state index contributed by atoms with van der Waals surface area (Å²) in [6.45, 7) is 4.24. The van der Waals surface area contributed by atoms with Gasteiger partial charge in [0.2, 0.25) is 0 Å². The van der Waals surface area contributed by atoms with Gasteiger partial charge in [0.05, 0.1) is 5.67 Å². The molecule has 18 heavy (non-hydrogen) atoms. The zero-order chi connectivity index (χ0) is 13.4. The van der Waals surface area contributed by atoms with Crippen LogP contribution in [0, 0.1) is 6.92 Å². The quantitative estimate of drug-likeness (QED) is 0.560. The van der Waals surface area contributed by atoms with Crippen LogP contribution in [0.4, 0.5) is 0 Å². The van der Waals surface area contributed by atoms with Crippen LogP contribution in [0.15, 0.2) is 29.3 Å². The van der Waals surface area contributed by atoms with Crippen molar-refractivity contribution in [1.82, 2.24) is 0 Å². The Bertz CT molecular complexity index is 361. The first-order valence-electron chi connectivity index (χ1n) is 6.36. The molecule has 3 nitrogen and oxygen atoms in total. The molecular weight excluding hydrogens is 242 g/mol. The van der Waals surface area contributed by atoms with E-state index in [0.29, 0.717) is 0 Å². The fourth-order valence-corrected chi connectivity index (χ4v) is 3.47. The third-order valence-corrected chi connectivity index (χ3v) is 4.92. The minimum atomic E-state index is -1.67. The third-order valence-electron chi connectivity index (χ3n) is 2.86. The van der Waals surface area contributed by atoms with E-state index < -0.39 is 9.28 Å². The maximum Gasteiger partial charge on any atom is 0.346 e. The lowest BCUT2D eigenvalue weighted by Crippen LogP contribution is -2.34. The van der Waals surface area contributed by atoms with Gasteiger partial charge in [0.1, 0.15) is 0 Å². The Morgan fingerprint density at radius 3 is 2.33 bits per heavy atom. The predicted octanol–water partition coefficient (Wildman–Crippen LogP) is 2.64. The van der Waals surface area contributed by atoms with E-state index in [1.54, 1.807) is 14.2 Å². The van der Waals surface area contributed by atoms with Gasteiger partial charge in [0, 0.05) is 20.4 Å². The molecule has 0 N–H and O–H groups in total. The van der Waals surface area contributed by atoms with Crippen molar-refractivity contribution in [2.75, 3.05) is 14.2 Å². The highest BCUT2D eigenvalue weighted by Crippen LogP contribution is 2.08. The van der Waals surface area contributed by atoms with Crippen molar-refractivity contribution in [3.63, 3.8) is 0 Å². The fraction of sp³-hybridized carbons (Fsp3) is 0.500. The second-order valence-electron chi connectivity index (χ2n) is 4.38. The molecule has 0 aromatic heterocycles. The van der Waals surface area contributed by atoms with Crippen molar-refractivity contribution < 1.29 is 8.85 Å². The van der Waals surface area contributed by atoms with E-state index in [1.807, 2.05) is 6.21 Å². The SMILES string of the molecule is CCCC(N=Cc1ccc(C)cc1)[SiH](OC)OC. The van der Waals surface area contributed by atoms with E-state index in [1.165, 1.54) is 5.56 Å². The normalized spacial score (nSPS) is 13.4. The third kappa shape index (κ3) is 4.72. The molecule has 0 aliphatic rings. The lowest BCUT2D eigenvalue weighted by atomic mass is 10.2. The highest BCUT2D eigenvalue weighted by atomic mass is 28.3. The van der Waals surface area contributed by atoms with Crippen LogP contribution in [0.25, 0.3) is 0 Å². The van der Waals surface area contributed by atoms with Crippen molar-refractivity contribution in [2.45, 2.75) is 32.4 Å². The smallest absolute Gasteiger partial charge is 0.346 e. The number of rotatable bonds is 7. The number of aryl methyl sites for hydroxylation is 1. The highest BCUT2D eigenvalue weighted by Gasteiger charge is 2.22. The molecule has 0 bridgehead atoms. The van der Waals surface area contributed by atoms with E-state index in [4.69, 9.17) is 8.85 Å². The first-order valence-corrected chi connectivity index (χ1v) is 7.97. The van der Waals surface area contributed by atoms with Gasteiger partial charge < -0.3 is 8.85 Å². The Morgan fingerprint density at radius 1 is 1.22 bits per heavy atom. The van der Waals surface area contributed by atoms with Crippen LogP contribution in [0.2, 0.25) is 0 Å². The molecule has 0 saturated carbocycles. The summed E-state index contributed by atoms with van der Waals surface area (Å²) >= 11 is 0. The Labute approximate surface area is 112 Å². The zero-order valence-electron chi connectivity index (χ0n) is 11.7. The first-order chi connectivity index (χ1) is 8.71. The molecule has 100 valence electrons. The van der Waals surface area contributed by atoms with Gasteiger partial charge in [-0.2, -0.15) is 0 Å². The van der Waals surface area contributed by atoms with Gasteiger partial charge in [-0.05, 0) is 18.9 Å². The molecule has 1 aromatic carbocycles. The minimum Gasteiger partial charge on any atom is -0.399 e. The van der Waals surface area contributed by atoms with E-state index in [2.05, 4.69) is 43.1 Å². The predicted molar refractivity (Wildman–Crippen MR) is 78.6 cm³/mol. The Balaban J connectivity index is 2.72. The highest BCUT2D eigenvalue weighted by molar-refractivity contribution is 6.46. The number of hydrogen-bond donors (Lipinski definition) is 0. The van der Waals surface area contributed by atoms with E-state index >= 15 is 0 Å². The van der Waals surface area contributed by atoms with Crippen molar-refractivity contribution in [1.29, 1.82) is 0 Å². The molecule has 0 aliphatic carbocycles. The van der Waals surface area contributed by atoms with Crippen molar-refractivity contribution in [3.8, 4) is 0 Å². The van der Waals surface area contributed by atoms with Crippen molar-refractivity contribution in [2.24, 2.45) is 4.99 Å². The molecule has 1 atom stereocenters. The van der Waals surface area contributed by atoms with Crippen LogP contribution in [0.3, 0.4) is 0 Å². The monoisotopic (exact) mass is 265 g/mol. The number of aliphatic imine (C=N–C) groups is 1. The van der Waals surface area contributed by atoms with Crippen LogP contribution in [-0.2, 0) is 8.85 Å². The summed E-state index contributed by atoms with van der Waals surface area (Å²) in [5.74, 6) is 0. The maximum atomic E-state index is 5.42. The van der Waals surface area contributed by atoms with Crippen LogP contribution in [-0.4, -0.2) is 35.4 Å². The van der Waals surface area contributed by atoms with Crippen molar-refractivity contribution in [3.05, 3.63) is 35.4 Å². The summed E-state index contributed by atoms with van der Waals surface area (Å²) in [4.78, 5) is 4.64. The maximum absolute atomic E-state index is 5.42. The van der Waals surface area contributed by atoms with E-state index in [0.717, 1.165) is 18.4 Å². The standard InChI is InChI=1S/C14H23NO2Si/c1-5-6-14(18(16-3)17-4)15-11-13-9-7-12(2)8-10-13/h7-11,14,18H,5-6H2,1-4H3. The lowest BCUT2D eigenvalue weighted by Gasteiger charge is -2.18. The number of benzene rings is 1. The summed E-state index contributed by atoms with van der Waals surface area (Å²) in [5.41, 5.74) is 2.58. The molecule has 0 saturated heterocycles.